The number of ketones is 1. The fraction of sp³-hybridized carbons (Fsp3) is 0.194. The number of amides is 1. The second kappa shape index (κ2) is 11.4. The number of benzene rings is 3. The highest BCUT2D eigenvalue weighted by Crippen LogP contribution is 2.29. The molecule has 2 unspecified atom stereocenters. The zero-order chi connectivity index (χ0) is 27.4. The Bertz CT molecular complexity index is 1530. The molecule has 4 rings (SSSR count). The molecule has 0 aliphatic rings. The molecule has 3 aromatic carbocycles. The Labute approximate surface area is 223 Å². The molecule has 7 heteroatoms. The van der Waals surface area contributed by atoms with Crippen LogP contribution in [0.25, 0.3) is 11.1 Å². The van der Waals surface area contributed by atoms with Crippen LogP contribution in [0.3, 0.4) is 0 Å². The van der Waals surface area contributed by atoms with E-state index in [0.29, 0.717) is 28.8 Å². The number of carbonyl (C=O) groups is 2. The Morgan fingerprint density at radius 3 is 2.21 bits per heavy atom. The number of pyridine rings is 1. The van der Waals surface area contributed by atoms with Crippen molar-refractivity contribution in [2.75, 3.05) is 5.32 Å². The third kappa shape index (κ3) is 6.01. The Balaban J connectivity index is 1.78. The number of anilines is 1. The number of Topliss-reactive ketones (excluding diaryl/α,β-unsaturated/α-hetero) is 1. The number of carbonyl (C=O) groups excluding carboxylic acids is 2. The fourth-order valence-corrected chi connectivity index (χ4v) is 4.53. The van der Waals surface area contributed by atoms with Crippen LogP contribution in [-0.2, 0) is 11.2 Å². The van der Waals surface area contributed by atoms with E-state index in [4.69, 9.17) is 0 Å². The minimum atomic E-state index is -1.17. The first-order chi connectivity index (χ1) is 18.1. The first-order valence-corrected chi connectivity index (χ1v) is 12.6. The van der Waals surface area contributed by atoms with Gasteiger partial charge in [0.05, 0.1) is 6.00 Å². The van der Waals surface area contributed by atoms with Gasteiger partial charge in [-0.25, -0.2) is 0 Å². The topological polar surface area (TPSA) is 88.4 Å². The molecule has 38 heavy (non-hydrogen) atoms. The van der Waals surface area contributed by atoms with Crippen LogP contribution in [-0.4, -0.2) is 35.2 Å². The second-order valence-electron chi connectivity index (χ2n) is 9.77. The molecule has 0 aliphatic heterocycles. The maximum absolute atomic E-state index is 13.5. The third-order valence-corrected chi connectivity index (χ3v) is 6.62. The van der Waals surface area contributed by atoms with Gasteiger partial charge in [0.15, 0.2) is 5.78 Å². The summed E-state index contributed by atoms with van der Waals surface area (Å²) >= 11 is 0. The first-order valence-electron chi connectivity index (χ1n) is 12.6. The van der Waals surface area contributed by atoms with Crippen molar-refractivity contribution in [3.05, 3.63) is 123 Å². The predicted molar refractivity (Wildman–Crippen MR) is 153 cm³/mol. The van der Waals surface area contributed by atoms with Gasteiger partial charge in [0, 0.05) is 29.9 Å². The molecule has 2 N–H and O–H groups in total. The summed E-state index contributed by atoms with van der Waals surface area (Å²) in [5.41, 5.74) is 5.48. The molecule has 2 atom stereocenters. The summed E-state index contributed by atoms with van der Waals surface area (Å²) in [6.07, 6.45) is 2.01. The molecule has 0 spiro atoms. The highest BCUT2D eigenvalue weighted by atomic mass is 16.3. The molecule has 0 saturated carbocycles. The number of aryl methyl sites for hydroxylation is 3. The molecule has 4 aromatic rings. The summed E-state index contributed by atoms with van der Waals surface area (Å²) in [6, 6.07) is 21.9. The van der Waals surface area contributed by atoms with Crippen LogP contribution < -0.4 is 10.9 Å². The van der Waals surface area contributed by atoms with E-state index in [1.807, 2.05) is 81.4 Å². The Morgan fingerprint density at radius 2 is 1.55 bits per heavy atom. The van der Waals surface area contributed by atoms with Gasteiger partial charge in [-0.1, -0.05) is 71.8 Å². The molecule has 0 saturated heterocycles. The molecule has 0 radical (unpaired) electrons. The lowest BCUT2D eigenvalue weighted by Crippen LogP contribution is -2.34. The SMILES string of the molecule is BC(O)C(=O)c1ccc(C)cc1-c1cc(=O)n(C(Cc2ccccc2)C(=O)Nc2ccc(C)cc2)cc1C. The Morgan fingerprint density at radius 1 is 0.895 bits per heavy atom. The average Bonchev–Trinajstić information content (AvgIpc) is 2.90. The lowest BCUT2D eigenvalue weighted by atomic mass is 9.86. The highest BCUT2D eigenvalue weighted by molar-refractivity contribution is 6.28. The van der Waals surface area contributed by atoms with Crippen molar-refractivity contribution in [1.82, 2.24) is 4.57 Å². The molecule has 192 valence electrons. The van der Waals surface area contributed by atoms with Gasteiger partial charge in [0.1, 0.15) is 13.9 Å². The number of rotatable bonds is 8. The molecule has 6 nitrogen and oxygen atoms in total. The zero-order valence-electron chi connectivity index (χ0n) is 22.1. The minimum absolute atomic E-state index is 0.299. The fourth-order valence-electron chi connectivity index (χ4n) is 4.53. The van der Waals surface area contributed by atoms with Crippen LogP contribution in [0.15, 0.2) is 89.9 Å². The number of nitrogens with zero attached hydrogens (tertiary/aromatic N) is 1. The standard InChI is InChI=1S/C31H31BN2O4/c1-19-9-12-23(13-10-19)33-31(38)27(16-22-7-5-4-6-8-22)34-18-21(3)25(17-28(34)35)26-15-20(2)11-14-24(26)29(36)30(32)37/h4-15,17-18,27,30,37H,16,32H2,1-3H3,(H,33,38). The van der Waals surface area contributed by atoms with Crippen LogP contribution in [0, 0.1) is 20.8 Å². The number of hydrogen-bond acceptors (Lipinski definition) is 4. The van der Waals surface area contributed by atoms with E-state index in [1.54, 1.807) is 18.3 Å². The smallest absolute Gasteiger partial charge is 0.251 e. The summed E-state index contributed by atoms with van der Waals surface area (Å²) in [5.74, 6) is -0.713. The maximum atomic E-state index is 13.5. The van der Waals surface area contributed by atoms with Gasteiger partial charge < -0.3 is 15.0 Å². The van der Waals surface area contributed by atoms with Gasteiger partial charge in [-0.3, -0.25) is 14.4 Å². The van der Waals surface area contributed by atoms with Gasteiger partial charge in [-0.2, -0.15) is 0 Å². The van der Waals surface area contributed by atoms with Crippen molar-refractivity contribution >= 4 is 25.2 Å². The van der Waals surface area contributed by atoms with E-state index in [1.165, 1.54) is 18.5 Å². The quantitative estimate of drug-likeness (QED) is 0.280. The van der Waals surface area contributed by atoms with E-state index < -0.39 is 17.8 Å². The van der Waals surface area contributed by atoms with Gasteiger partial charge in [0.2, 0.25) is 5.91 Å². The van der Waals surface area contributed by atoms with Crippen molar-refractivity contribution < 1.29 is 14.7 Å². The molecule has 1 amide bonds. The van der Waals surface area contributed by atoms with E-state index >= 15 is 0 Å². The summed E-state index contributed by atoms with van der Waals surface area (Å²) in [5, 5.41) is 12.9. The summed E-state index contributed by atoms with van der Waals surface area (Å²) in [7, 11) is 1.43. The molecule has 1 aromatic heterocycles. The van der Waals surface area contributed by atoms with Crippen molar-refractivity contribution in [3.63, 3.8) is 0 Å². The molecule has 0 fully saturated rings. The number of aromatic nitrogens is 1. The summed E-state index contributed by atoms with van der Waals surface area (Å²) in [6.45, 7) is 5.73. The second-order valence-corrected chi connectivity index (χ2v) is 9.77. The lowest BCUT2D eigenvalue weighted by Gasteiger charge is -2.22. The minimum Gasteiger partial charge on any atom is -0.394 e. The maximum Gasteiger partial charge on any atom is 0.251 e. The van der Waals surface area contributed by atoms with Crippen molar-refractivity contribution in [1.29, 1.82) is 0 Å². The van der Waals surface area contributed by atoms with Crippen LogP contribution in [0.1, 0.15) is 38.7 Å². The number of aliphatic hydroxyl groups is 1. The molecular formula is C31H31BN2O4. The van der Waals surface area contributed by atoms with Crippen LogP contribution in [0.5, 0.6) is 0 Å². The molecule has 1 heterocycles. The predicted octanol–water partition coefficient (Wildman–Crippen LogP) is 4.00. The zero-order valence-corrected chi connectivity index (χ0v) is 22.1. The van der Waals surface area contributed by atoms with Crippen LogP contribution in [0.4, 0.5) is 5.69 Å². The van der Waals surface area contributed by atoms with Gasteiger partial charge in [-0.05, 0) is 55.2 Å². The molecule has 0 bridgehead atoms. The summed E-state index contributed by atoms with van der Waals surface area (Å²) in [4.78, 5) is 39.8. The third-order valence-electron chi connectivity index (χ3n) is 6.62. The number of aliphatic hydroxyl groups excluding tert-OH is 1. The van der Waals surface area contributed by atoms with Gasteiger partial charge in [-0.15, -0.1) is 0 Å². The molecule has 0 aliphatic carbocycles. The Kier molecular flexibility index (Phi) is 8.08. The van der Waals surface area contributed by atoms with Gasteiger partial charge >= 0.3 is 0 Å². The van der Waals surface area contributed by atoms with Gasteiger partial charge in [0.25, 0.3) is 5.56 Å². The van der Waals surface area contributed by atoms with Crippen LogP contribution >= 0.6 is 0 Å². The normalized spacial score (nSPS) is 12.5. The van der Waals surface area contributed by atoms with Crippen LogP contribution in [0.2, 0.25) is 0 Å². The lowest BCUT2D eigenvalue weighted by molar-refractivity contribution is -0.119. The largest absolute Gasteiger partial charge is 0.394 e. The van der Waals surface area contributed by atoms with Crippen molar-refractivity contribution in [2.24, 2.45) is 0 Å². The Hall–Kier alpha value is -4.23. The first kappa shape index (κ1) is 26.8. The van der Waals surface area contributed by atoms with Crippen molar-refractivity contribution in [2.45, 2.75) is 39.2 Å². The molecular weight excluding hydrogens is 475 g/mol. The monoisotopic (exact) mass is 506 g/mol. The van der Waals surface area contributed by atoms with E-state index in [9.17, 15) is 19.5 Å². The highest BCUT2D eigenvalue weighted by Gasteiger charge is 2.25. The van der Waals surface area contributed by atoms with E-state index in [0.717, 1.165) is 22.3 Å². The number of hydrogen-bond donors (Lipinski definition) is 2. The van der Waals surface area contributed by atoms with E-state index in [-0.39, 0.29) is 11.5 Å². The average molecular weight is 506 g/mol. The van der Waals surface area contributed by atoms with Crippen molar-refractivity contribution in [3.8, 4) is 11.1 Å². The summed E-state index contributed by atoms with van der Waals surface area (Å²) < 4.78 is 1.46. The van der Waals surface area contributed by atoms with E-state index in [2.05, 4.69) is 5.32 Å². The number of nitrogens with one attached hydrogen (secondary N) is 1.